The van der Waals surface area contributed by atoms with E-state index in [9.17, 15) is 10.1 Å². The van der Waals surface area contributed by atoms with Crippen LogP contribution in [0.2, 0.25) is 0 Å². The van der Waals surface area contributed by atoms with Crippen LogP contribution in [0.5, 0.6) is 0 Å². The lowest BCUT2D eigenvalue weighted by Gasteiger charge is -1.97. The van der Waals surface area contributed by atoms with Crippen LogP contribution in [0.25, 0.3) is 0 Å². The van der Waals surface area contributed by atoms with E-state index >= 15 is 0 Å². The third-order valence-electron chi connectivity index (χ3n) is 2.02. The summed E-state index contributed by atoms with van der Waals surface area (Å²) in [5, 5.41) is 14.3. The summed E-state index contributed by atoms with van der Waals surface area (Å²) in [5.74, 6) is 0.424. The molecule has 0 saturated heterocycles. The predicted octanol–water partition coefficient (Wildman–Crippen LogP) is 1.83. The molecule has 0 fully saturated rings. The molecule has 7 heteroatoms. The SMILES string of the molecule is O=[N+]([O-])c1ccc(N/N=C/c2ccccn2)nc1. The number of aromatic nitrogens is 2. The van der Waals surface area contributed by atoms with Crippen molar-refractivity contribution < 1.29 is 4.92 Å². The van der Waals surface area contributed by atoms with Crippen molar-refractivity contribution in [2.75, 3.05) is 5.43 Å². The highest BCUT2D eigenvalue weighted by molar-refractivity contribution is 5.77. The summed E-state index contributed by atoms with van der Waals surface area (Å²) in [6.07, 6.45) is 4.35. The third-order valence-corrected chi connectivity index (χ3v) is 2.02. The van der Waals surface area contributed by atoms with E-state index in [0.29, 0.717) is 11.5 Å². The Morgan fingerprint density at radius 1 is 1.28 bits per heavy atom. The van der Waals surface area contributed by atoms with E-state index in [2.05, 4.69) is 20.5 Å². The van der Waals surface area contributed by atoms with Crippen molar-refractivity contribution in [3.63, 3.8) is 0 Å². The zero-order valence-corrected chi connectivity index (χ0v) is 9.22. The molecule has 0 unspecified atom stereocenters. The molecule has 0 atom stereocenters. The van der Waals surface area contributed by atoms with Gasteiger partial charge >= 0.3 is 0 Å². The van der Waals surface area contributed by atoms with Gasteiger partial charge in [-0.05, 0) is 18.2 Å². The molecular weight excluding hydrogens is 234 g/mol. The Bertz CT molecular complexity index is 553. The lowest BCUT2D eigenvalue weighted by Crippen LogP contribution is -1.95. The van der Waals surface area contributed by atoms with E-state index < -0.39 is 4.92 Å². The topological polar surface area (TPSA) is 93.3 Å². The van der Waals surface area contributed by atoms with Gasteiger partial charge in [0.2, 0.25) is 0 Å². The van der Waals surface area contributed by atoms with E-state index in [1.165, 1.54) is 24.5 Å². The first kappa shape index (κ1) is 11.6. The highest BCUT2D eigenvalue weighted by atomic mass is 16.6. The van der Waals surface area contributed by atoms with Crippen LogP contribution < -0.4 is 5.43 Å². The van der Waals surface area contributed by atoms with Gasteiger partial charge in [-0.15, -0.1) is 0 Å². The maximum atomic E-state index is 10.4. The van der Waals surface area contributed by atoms with Gasteiger partial charge in [0.15, 0.2) is 0 Å². The predicted molar refractivity (Wildman–Crippen MR) is 66.3 cm³/mol. The van der Waals surface area contributed by atoms with Gasteiger partial charge in [-0.1, -0.05) is 6.07 Å². The Labute approximate surface area is 102 Å². The highest BCUT2D eigenvalue weighted by Gasteiger charge is 2.04. The average molecular weight is 243 g/mol. The fraction of sp³-hybridized carbons (Fsp3) is 0. The maximum absolute atomic E-state index is 10.4. The Morgan fingerprint density at radius 3 is 2.78 bits per heavy atom. The molecule has 1 N–H and O–H groups in total. The zero-order valence-electron chi connectivity index (χ0n) is 9.22. The number of nitro groups is 1. The number of hydrazone groups is 1. The summed E-state index contributed by atoms with van der Waals surface area (Å²) < 4.78 is 0. The van der Waals surface area contributed by atoms with E-state index in [-0.39, 0.29) is 5.69 Å². The molecule has 0 spiro atoms. The van der Waals surface area contributed by atoms with Crippen molar-refractivity contribution >= 4 is 17.7 Å². The van der Waals surface area contributed by atoms with Gasteiger partial charge in [0, 0.05) is 12.3 Å². The van der Waals surface area contributed by atoms with E-state index in [1.807, 2.05) is 12.1 Å². The van der Waals surface area contributed by atoms with Crippen molar-refractivity contribution in [1.82, 2.24) is 9.97 Å². The minimum Gasteiger partial charge on any atom is -0.261 e. The van der Waals surface area contributed by atoms with Crippen molar-refractivity contribution in [2.24, 2.45) is 5.10 Å². The maximum Gasteiger partial charge on any atom is 0.287 e. The van der Waals surface area contributed by atoms with Gasteiger partial charge in [-0.3, -0.25) is 20.5 Å². The summed E-state index contributed by atoms with van der Waals surface area (Å²) in [6, 6.07) is 8.29. The quantitative estimate of drug-likeness (QED) is 0.502. The van der Waals surface area contributed by atoms with Crippen LogP contribution in [-0.4, -0.2) is 21.1 Å². The summed E-state index contributed by atoms with van der Waals surface area (Å²) in [7, 11) is 0. The molecule has 2 aromatic heterocycles. The Morgan fingerprint density at radius 2 is 2.17 bits per heavy atom. The molecule has 0 aromatic carbocycles. The largest absolute Gasteiger partial charge is 0.287 e. The van der Waals surface area contributed by atoms with Crippen LogP contribution in [-0.2, 0) is 0 Å². The van der Waals surface area contributed by atoms with Crippen molar-refractivity contribution in [2.45, 2.75) is 0 Å². The molecule has 0 saturated carbocycles. The second-order valence-electron chi connectivity index (χ2n) is 3.28. The van der Waals surface area contributed by atoms with Gasteiger partial charge in [-0.2, -0.15) is 5.10 Å². The molecule has 0 bridgehead atoms. The van der Waals surface area contributed by atoms with Gasteiger partial charge in [0.05, 0.1) is 16.8 Å². The zero-order chi connectivity index (χ0) is 12.8. The molecule has 2 rings (SSSR count). The van der Waals surface area contributed by atoms with Crippen molar-refractivity contribution in [1.29, 1.82) is 0 Å². The molecular formula is C11H9N5O2. The third kappa shape index (κ3) is 3.08. The van der Waals surface area contributed by atoms with Crippen molar-refractivity contribution in [3.8, 4) is 0 Å². The Hall–Kier alpha value is -2.83. The number of hydrogen-bond acceptors (Lipinski definition) is 6. The second kappa shape index (κ2) is 5.48. The monoisotopic (exact) mass is 243 g/mol. The van der Waals surface area contributed by atoms with Crippen LogP contribution in [0.1, 0.15) is 5.69 Å². The standard InChI is InChI=1S/C11H9N5O2/c17-16(18)10-4-5-11(13-8-10)15-14-7-9-3-1-2-6-12-9/h1-8H,(H,13,15)/b14-7+. The first-order valence-electron chi connectivity index (χ1n) is 5.06. The number of rotatable bonds is 4. The minimum absolute atomic E-state index is 0.0609. The number of nitrogens with zero attached hydrogens (tertiary/aromatic N) is 4. The molecule has 18 heavy (non-hydrogen) atoms. The Balaban J connectivity index is 1.98. The lowest BCUT2D eigenvalue weighted by molar-refractivity contribution is -0.385. The van der Waals surface area contributed by atoms with E-state index in [4.69, 9.17) is 0 Å². The molecule has 0 amide bonds. The number of anilines is 1. The van der Waals surface area contributed by atoms with Crippen molar-refractivity contribution in [3.05, 3.63) is 58.5 Å². The number of pyridine rings is 2. The smallest absolute Gasteiger partial charge is 0.261 e. The summed E-state index contributed by atoms with van der Waals surface area (Å²) >= 11 is 0. The summed E-state index contributed by atoms with van der Waals surface area (Å²) in [4.78, 5) is 17.8. The van der Waals surface area contributed by atoms with E-state index in [1.54, 1.807) is 12.3 Å². The van der Waals surface area contributed by atoms with Crippen LogP contribution in [0.15, 0.2) is 47.8 Å². The average Bonchev–Trinajstić information content (AvgIpc) is 2.40. The lowest BCUT2D eigenvalue weighted by atomic mass is 10.4. The molecule has 2 aromatic rings. The van der Waals surface area contributed by atoms with Gasteiger partial charge in [-0.25, -0.2) is 4.98 Å². The molecule has 0 radical (unpaired) electrons. The molecule has 90 valence electrons. The van der Waals surface area contributed by atoms with Gasteiger partial charge in [0.1, 0.15) is 12.0 Å². The summed E-state index contributed by atoms with van der Waals surface area (Å²) in [6.45, 7) is 0. The fourth-order valence-electron chi connectivity index (χ4n) is 1.18. The van der Waals surface area contributed by atoms with Crippen LogP contribution >= 0.6 is 0 Å². The van der Waals surface area contributed by atoms with Gasteiger partial charge in [0.25, 0.3) is 5.69 Å². The summed E-state index contributed by atoms with van der Waals surface area (Å²) in [5.41, 5.74) is 3.29. The number of nitrogens with one attached hydrogen (secondary N) is 1. The minimum atomic E-state index is -0.506. The first-order valence-corrected chi connectivity index (χ1v) is 5.06. The van der Waals surface area contributed by atoms with Crippen LogP contribution in [0.3, 0.4) is 0 Å². The van der Waals surface area contributed by atoms with Gasteiger partial charge < -0.3 is 0 Å². The molecule has 0 aliphatic rings. The molecule has 7 nitrogen and oxygen atoms in total. The fourth-order valence-corrected chi connectivity index (χ4v) is 1.18. The highest BCUT2D eigenvalue weighted by Crippen LogP contribution is 2.11. The first-order chi connectivity index (χ1) is 8.75. The second-order valence-corrected chi connectivity index (χ2v) is 3.28. The normalized spacial score (nSPS) is 10.4. The van der Waals surface area contributed by atoms with Crippen LogP contribution in [0, 0.1) is 10.1 Å². The molecule has 0 aliphatic carbocycles. The molecule has 0 aliphatic heterocycles. The van der Waals surface area contributed by atoms with E-state index in [0.717, 1.165) is 0 Å². The Kier molecular flexibility index (Phi) is 3.55. The van der Waals surface area contributed by atoms with Crippen LogP contribution in [0.4, 0.5) is 11.5 Å². The number of hydrogen-bond donors (Lipinski definition) is 1. The molecule has 2 heterocycles.